The van der Waals surface area contributed by atoms with Gasteiger partial charge < -0.3 is 10.2 Å². The Morgan fingerprint density at radius 1 is 1.21 bits per heavy atom. The van der Waals surface area contributed by atoms with Crippen LogP contribution in [0.2, 0.25) is 0 Å². The lowest BCUT2D eigenvalue weighted by Crippen LogP contribution is -2.42. The van der Waals surface area contributed by atoms with Crippen molar-refractivity contribution in [1.82, 2.24) is 0 Å². The van der Waals surface area contributed by atoms with E-state index >= 15 is 0 Å². The number of carboxylic acid groups (broad SMARTS) is 1. The average molecular weight is 258 g/mol. The van der Waals surface area contributed by atoms with Gasteiger partial charge in [-0.3, -0.25) is 0 Å². The van der Waals surface area contributed by atoms with Gasteiger partial charge in [0.2, 0.25) is 0 Å². The van der Waals surface area contributed by atoms with Crippen molar-refractivity contribution in [3.05, 3.63) is 48.0 Å². The predicted octanol–water partition coefficient (Wildman–Crippen LogP) is 3.17. The lowest BCUT2D eigenvalue weighted by Gasteiger charge is -2.30. The Labute approximate surface area is 112 Å². The first-order valence-electron chi connectivity index (χ1n) is 6.44. The third-order valence-corrected chi connectivity index (χ3v) is 3.92. The van der Waals surface area contributed by atoms with Crippen molar-refractivity contribution in [3.63, 3.8) is 0 Å². The molecule has 0 bridgehead atoms. The van der Waals surface area contributed by atoms with Crippen LogP contribution in [0.25, 0.3) is 10.8 Å². The second-order valence-corrected chi connectivity index (χ2v) is 4.87. The van der Waals surface area contributed by atoms with E-state index in [4.69, 9.17) is 0 Å². The van der Waals surface area contributed by atoms with Crippen molar-refractivity contribution in [2.45, 2.75) is 31.8 Å². The lowest BCUT2D eigenvalue weighted by atomic mass is 9.80. The molecule has 2 rings (SSSR count). The summed E-state index contributed by atoms with van der Waals surface area (Å²) in [6, 6.07) is 13.6. The smallest absolute Gasteiger partial charge is 0.336 e. The molecule has 2 aromatic rings. The van der Waals surface area contributed by atoms with Gasteiger partial charge in [0.1, 0.15) is 0 Å². The number of fused-ring (bicyclic) bond motifs is 1. The first kappa shape index (κ1) is 13.6. The maximum Gasteiger partial charge on any atom is 0.336 e. The summed E-state index contributed by atoms with van der Waals surface area (Å²) in [7, 11) is 0. The largest absolute Gasteiger partial charge is 0.479 e. The summed E-state index contributed by atoms with van der Waals surface area (Å²) in [4.78, 5) is 11.4. The summed E-state index contributed by atoms with van der Waals surface area (Å²) >= 11 is 0. The molecule has 3 nitrogen and oxygen atoms in total. The molecule has 0 aliphatic heterocycles. The van der Waals surface area contributed by atoms with Crippen LogP contribution < -0.4 is 0 Å². The highest BCUT2D eigenvalue weighted by Crippen LogP contribution is 2.35. The fourth-order valence-electron chi connectivity index (χ4n) is 2.53. The molecule has 3 heteroatoms. The summed E-state index contributed by atoms with van der Waals surface area (Å²) < 4.78 is 0. The molecular weight excluding hydrogens is 240 g/mol. The zero-order valence-electron chi connectivity index (χ0n) is 11.1. The number of hydrogen-bond donors (Lipinski definition) is 2. The molecule has 2 atom stereocenters. The maximum atomic E-state index is 11.4. The van der Waals surface area contributed by atoms with Crippen LogP contribution in [0, 0.1) is 0 Å². The molecule has 2 N–H and O–H groups in total. The first-order chi connectivity index (χ1) is 9.00. The zero-order chi connectivity index (χ0) is 14.0. The van der Waals surface area contributed by atoms with Gasteiger partial charge in [0.15, 0.2) is 5.60 Å². The number of aliphatic hydroxyl groups is 1. The maximum absolute atomic E-state index is 11.4. The van der Waals surface area contributed by atoms with Gasteiger partial charge in [-0.2, -0.15) is 0 Å². The molecule has 0 fully saturated rings. The van der Waals surface area contributed by atoms with Gasteiger partial charge in [0.25, 0.3) is 0 Å². The summed E-state index contributed by atoms with van der Waals surface area (Å²) in [5.41, 5.74) is -0.866. The minimum absolute atomic E-state index is 0.173. The third kappa shape index (κ3) is 2.22. The lowest BCUT2D eigenvalue weighted by molar-refractivity contribution is -0.161. The summed E-state index contributed by atoms with van der Waals surface area (Å²) in [6.07, 6.45) is 0.173. The molecule has 0 aromatic heterocycles. The quantitative estimate of drug-likeness (QED) is 0.885. The normalized spacial score (nSPS) is 15.9. The van der Waals surface area contributed by atoms with E-state index in [9.17, 15) is 15.0 Å². The van der Waals surface area contributed by atoms with Crippen molar-refractivity contribution in [2.75, 3.05) is 0 Å². The predicted molar refractivity (Wildman–Crippen MR) is 75.2 cm³/mol. The van der Waals surface area contributed by atoms with Crippen molar-refractivity contribution in [3.8, 4) is 0 Å². The average Bonchev–Trinajstić information content (AvgIpc) is 2.44. The van der Waals surface area contributed by atoms with Gasteiger partial charge in [-0.15, -0.1) is 0 Å². The standard InChI is InChI=1S/C16H18O3/c1-3-16(19,15(17)18)11(2)13-10-6-8-12-7-4-5-9-14(12)13/h4-11,19H,3H2,1-2H3,(H,17,18). The molecule has 0 saturated heterocycles. The van der Waals surface area contributed by atoms with E-state index < -0.39 is 17.5 Å². The van der Waals surface area contributed by atoms with Gasteiger partial charge in [-0.25, -0.2) is 4.79 Å². The van der Waals surface area contributed by atoms with Crippen LogP contribution in [0.1, 0.15) is 31.7 Å². The number of carbonyl (C=O) groups is 1. The summed E-state index contributed by atoms with van der Waals surface area (Å²) in [5.74, 6) is -1.64. The van der Waals surface area contributed by atoms with Crippen LogP contribution in [0.3, 0.4) is 0 Å². The van der Waals surface area contributed by atoms with Crippen molar-refractivity contribution < 1.29 is 15.0 Å². The second kappa shape index (κ2) is 5.02. The molecule has 0 aliphatic carbocycles. The van der Waals surface area contributed by atoms with E-state index in [2.05, 4.69) is 0 Å². The molecule has 2 aromatic carbocycles. The molecule has 0 radical (unpaired) electrons. The van der Waals surface area contributed by atoms with Gasteiger partial charge in [-0.05, 0) is 22.8 Å². The van der Waals surface area contributed by atoms with Gasteiger partial charge in [0.05, 0.1) is 0 Å². The Morgan fingerprint density at radius 3 is 2.47 bits per heavy atom. The Bertz CT molecular complexity index is 600. The second-order valence-electron chi connectivity index (χ2n) is 4.87. The molecule has 0 spiro atoms. The Morgan fingerprint density at radius 2 is 1.84 bits per heavy atom. The summed E-state index contributed by atoms with van der Waals surface area (Å²) in [6.45, 7) is 3.45. The fraction of sp³-hybridized carbons (Fsp3) is 0.312. The zero-order valence-corrected chi connectivity index (χ0v) is 11.1. The van der Waals surface area contributed by atoms with Crippen LogP contribution in [0.15, 0.2) is 42.5 Å². The van der Waals surface area contributed by atoms with Crippen molar-refractivity contribution >= 4 is 16.7 Å². The molecule has 0 amide bonds. The van der Waals surface area contributed by atoms with Crippen LogP contribution in [0.4, 0.5) is 0 Å². The van der Waals surface area contributed by atoms with E-state index in [0.29, 0.717) is 0 Å². The van der Waals surface area contributed by atoms with Crippen molar-refractivity contribution in [1.29, 1.82) is 0 Å². The van der Waals surface area contributed by atoms with Crippen LogP contribution in [-0.4, -0.2) is 21.8 Å². The summed E-state index contributed by atoms with van der Waals surface area (Å²) in [5, 5.41) is 21.7. The molecule has 0 heterocycles. The molecule has 100 valence electrons. The first-order valence-corrected chi connectivity index (χ1v) is 6.44. The molecule has 0 aliphatic rings. The Kier molecular flexibility index (Phi) is 3.58. The SMILES string of the molecule is CCC(O)(C(=O)O)C(C)c1cccc2ccccc12. The van der Waals surface area contributed by atoms with E-state index in [-0.39, 0.29) is 6.42 Å². The van der Waals surface area contributed by atoms with Gasteiger partial charge in [-0.1, -0.05) is 56.3 Å². The number of benzene rings is 2. The van der Waals surface area contributed by atoms with Crippen LogP contribution in [-0.2, 0) is 4.79 Å². The minimum Gasteiger partial charge on any atom is -0.479 e. The molecular formula is C16H18O3. The van der Waals surface area contributed by atoms with Gasteiger partial charge in [0, 0.05) is 5.92 Å². The van der Waals surface area contributed by atoms with E-state index in [0.717, 1.165) is 16.3 Å². The molecule has 2 unspecified atom stereocenters. The van der Waals surface area contributed by atoms with Crippen molar-refractivity contribution in [2.24, 2.45) is 0 Å². The molecule has 19 heavy (non-hydrogen) atoms. The van der Waals surface area contributed by atoms with Gasteiger partial charge >= 0.3 is 5.97 Å². The number of carboxylic acids is 1. The monoisotopic (exact) mass is 258 g/mol. The highest BCUT2D eigenvalue weighted by Gasteiger charge is 2.41. The topological polar surface area (TPSA) is 57.5 Å². The number of aliphatic carboxylic acids is 1. The third-order valence-electron chi connectivity index (χ3n) is 3.92. The van der Waals surface area contributed by atoms with E-state index in [1.165, 1.54) is 0 Å². The highest BCUT2D eigenvalue weighted by molar-refractivity contribution is 5.88. The van der Waals surface area contributed by atoms with Crippen LogP contribution in [0.5, 0.6) is 0 Å². The number of rotatable bonds is 4. The Balaban J connectivity index is 2.58. The fourth-order valence-corrected chi connectivity index (χ4v) is 2.53. The minimum atomic E-state index is -1.73. The Hall–Kier alpha value is -1.87. The van der Waals surface area contributed by atoms with Crippen LogP contribution >= 0.6 is 0 Å². The highest BCUT2D eigenvalue weighted by atomic mass is 16.4. The van der Waals surface area contributed by atoms with E-state index in [1.807, 2.05) is 42.5 Å². The number of hydrogen-bond acceptors (Lipinski definition) is 2. The van der Waals surface area contributed by atoms with E-state index in [1.54, 1.807) is 13.8 Å². The molecule has 0 saturated carbocycles.